The Morgan fingerprint density at radius 2 is 1.90 bits per heavy atom. The number of rotatable bonds is 2. The minimum Gasteiger partial charge on any atom is -0.444 e. The zero-order chi connectivity index (χ0) is 15.1. The van der Waals surface area contributed by atoms with Gasteiger partial charge in [0.15, 0.2) is 0 Å². The van der Waals surface area contributed by atoms with Crippen LogP contribution in [0.2, 0.25) is 0 Å². The molecule has 1 saturated heterocycles. The highest BCUT2D eigenvalue weighted by molar-refractivity contribution is 5.80. The van der Waals surface area contributed by atoms with Gasteiger partial charge in [-0.3, -0.25) is 9.63 Å². The van der Waals surface area contributed by atoms with Gasteiger partial charge < -0.3 is 9.64 Å². The Kier molecular flexibility index (Phi) is 3.71. The molecule has 114 valence electrons. The molecular weight excluding hydrogens is 260 g/mol. The molecule has 2 rings (SSSR count). The number of carbonyl (C=O) groups is 2. The predicted octanol–water partition coefficient (Wildman–Crippen LogP) is 1.80. The fourth-order valence-corrected chi connectivity index (χ4v) is 2.95. The van der Waals surface area contributed by atoms with E-state index in [0.29, 0.717) is 12.8 Å². The molecule has 6 heteroatoms. The molecular formula is C14H24N2O4. The number of nitrogens with zero attached hydrogens (tertiary/aromatic N) is 2. The second-order valence-electron chi connectivity index (χ2n) is 6.73. The summed E-state index contributed by atoms with van der Waals surface area (Å²) in [5, 5.41) is 1.26. The third-order valence-electron chi connectivity index (χ3n) is 4.17. The van der Waals surface area contributed by atoms with Gasteiger partial charge in [-0.1, -0.05) is 0 Å². The third-order valence-corrected chi connectivity index (χ3v) is 4.17. The summed E-state index contributed by atoms with van der Waals surface area (Å²) >= 11 is 0. The summed E-state index contributed by atoms with van der Waals surface area (Å²) in [7, 11) is 3.09. The molecule has 0 aromatic rings. The number of hydroxylamine groups is 2. The second-order valence-corrected chi connectivity index (χ2v) is 6.73. The van der Waals surface area contributed by atoms with Crippen LogP contribution in [0.25, 0.3) is 0 Å². The van der Waals surface area contributed by atoms with Crippen LogP contribution in [0, 0.1) is 5.92 Å². The van der Waals surface area contributed by atoms with Crippen molar-refractivity contribution in [2.45, 2.75) is 51.2 Å². The molecule has 1 spiro atoms. The number of likely N-dealkylation sites (tertiary alicyclic amines) is 1. The topological polar surface area (TPSA) is 59.1 Å². The summed E-state index contributed by atoms with van der Waals surface area (Å²) in [6.45, 7) is 6.30. The zero-order valence-corrected chi connectivity index (χ0v) is 12.9. The van der Waals surface area contributed by atoms with E-state index in [1.54, 1.807) is 11.9 Å². The molecule has 20 heavy (non-hydrogen) atoms. The maximum absolute atomic E-state index is 12.1. The number of hydrogen-bond donors (Lipinski definition) is 0. The van der Waals surface area contributed by atoms with Gasteiger partial charge >= 0.3 is 6.09 Å². The summed E-state index contributed by atoms with van der Waals surface area (Å²) in [6, 6.07) is 0. The zero-order valence-electron chi connectivity index (χ0n) is 12.9. The first-order valence-corrected chi connectivity index (χ1v) is 7.01. The van der Waals surface area contributed by atoms with Gasteiger partial charge in [-0.2, -0.15) is 0 Å². The summed E-state index contributed by atoms with van der Waals surface area (Å²) in [5.74, 6) is -0.0700. The molecule has 2 amide bonds. The molecule has 6 nitrogen and oxygen atoms in total. The lowest BCUT2D eigenvalue weighted by molar-refractivity contribution is -0.187. The molecule has 0 N–H and O–H groups in total. The molecule has 1 saturated carbocycles. The van der Waals surface area contributed by atoms with Crippen molar-refractivity contribution in [3.8, 4) is 0 Å². The lowest BCUT2D eigenvalue weighted by Crippen LogP contribution is -2.70. The number of ether oxygens (including phenoxy) is 1. The normalized spacial score (nSPS) is 28.6. The van der Waals surface area contributed by atoms with Crippen LogP contribution in [0.1, 0.15) is 40.0 Å². The van der Waals surface area contributed by atoms with Crippen molar-refractivity contribution in [2.24, 2.45) is 5.92 Å². The van der Waals surface area contributed by atoms with Crippen molar-refractivity contribution in [2.75, 3.05) is 20.7 Å². The first-order valence-electron chi connectivity index (χ1n) is 7.01. The van der Waals surface area contributed by atoms with Gasteiger partial charge in [-0.15, -0.1) is 0 Å². The van der Waals surface area contributed by atoms with Gasteiger partial charge in [-0.05, 0) is 40.0 Å². The van der Waals surface area contributed by atoms with E-state index in [9.17, 15) is 9.59 Å². The van der Waals surface area contributed by atoms with Crippen LogP contribution in [0.4, 0.5) is 4.79 Å². The van der Waals surface area contributed by atoms with E-state index in [4.69, 9.17) is 9.57 Å². The van der Waals surface area contributed by atoms with Crippen molar-refractivity contribution in [1.29, 1.82) is 0 Å². The molecule has 0 atom stereocenters. The van der Waals surface area contributed by atoms with Gasteiger partial charge in [0.05, 0.1) is 7.11 Å². The molecule has 2 fully saturated rings. The Balaban J connectivity index is 1.90. The van der Waals surface area contributed by atoms with E-state index in [1.165, 1.54) is 12.2 Å². The van der Waals surface area contributed by atoms with Gasteiger partial charge in [0.2, 0.25) is 5.91 Å². The van der Waals surface area contributed by atoms with Crippen LogP contribution < -0.4 is 0 Å². The molecule has 0 unspecified atom stereocenters. The van der Waals surface area contributed by atoms with Crippen LogP contribution in [-0.2, 0) is 14.4 Å². The third kappa shape index (κ3) is 2.61. The second kappa shape index (κ2) is 4.91. The standard InChI is InChI=1S/C14H24N2O4/c1-13(2,3)20-12(18)16-7-6-14(16)8-10(9-14)11(17)15(4)19-5/h10H,6-9H2,1-5H3. The van der Waals surface area contributed by atoms with E-state index in [1.807, 2.05) is 20.8 Å². The fraction of sp³-hybridized carbons (Fsp3) is 0.857. The minimum atomic E-state index is -0.483. The average Bonchev–Trinajstić information content (AvgIpc) is 2.21. The highest BCUT2D eigenvalue weighted by atomic mass is 16.7. The Labute approximate surface area is 119 Å². The largest absolute Gasteiger partial charge is 0.444 e. The van der Waals surface area contributed by atoms with Crippen LogP contribution in [0.3, 0.4) is 0 Å². The van der Waals surface area contributed by atoms with Crippen molar-refractivity contribution in [3.63, 3.8) is 0 Å². The highest BCUT2D eigenvalue weighted by Crippen LogP contribution is 2.51. The van der Waals surface area contributed by atoms with E-state index in [2.05, 4.69) is 0 Å². The van der Waals surface area contributed by atoms with Crippen LogP contribution in [0.15, 0.2) is 0 Å². The quantitative estimate of drug-likeness (QED) is 0.725. The summed E-state index contributed by atoms with van der Waals surface area (Å²) in [5.41, 5.74) is -0.639. The van der Waals surface area contributed by atoms with Crippen LogP contribution >= 0.6 is 0 Å². The van der Waals surface area contributed by atoms with Crippen molar-refractivity contribution in [3.05, 3.63) is 0 Å². The monoisotopic (exact) mass is 284 g/mol. The maximum atomic E-state index is 12.1. The van der Waals surface area contributed by atoms with Crippen molar-refractivity contribution in [1.82, 2.24) is 9.96 Å². The molecule has 1 aliphatic carbocycles. The Morgan fingerprint density at radius 1 is 1.30 bits per heavy atom. The molecule has 1 aliphatic heterocycles. The fourth-order valence-electron chi connectivity index (χ4n) is 2.95. The summed E-state index contributed by atoms with van der Waals surface area (Å²) < 4.78 is 5.40. The Bertz CT molecular complexity index is 410. The molecule has 2 aliphatic rings. The Morgan fingerprint density at radius 3 is 2.30 bits per heavy atom. The molecule has 1 heterocycles. The molecule has 0 bridgehead atoms. The first-order chi connectivity index (χ1) is 9.18. The smallest absolute Gasteiger partial charge is 0.410 e. The average molecular weight is 284 g/mol. The highest BCUT2D eigenvalue weighted by Gasteiger charge is 2.58. The van der Waals surface area contributed by atoms with E-state index >= 15 is 0 Å². The lowest BCUT2D eigenvalue weighted by atomic mass is 9.61. The Hall–Kier alpha value is -1.30. The van der Waals surface area contributed by atoms with Crippen LogP contribution in [0.5, 0.6) is 0 Å². The SMILES string of the molecule is CON(C)C(=O)C1CC2(CCN2C(=O)OC(C)(C)C)C1. The number of hydrogen-bond acceptors (Lipinski definition) is 4. The summed E-state index contributed by atoms with van der Waals surface area (Å²) in [6.07, 6.45) is 2.10. The van der Waals surface area contributed by atoms with Gasteiger partial charge in [0.25, 0.3) is 0 Å². The van der Waals surface area contributed by atoms with E-state index in [0.717, 1.165) is 13.0 Å². The first kappa shape index (κ1) is 15.1. The van der Waals surface area contributed by atoms with E-state index < -0.39 is 5.60 Å². The molecule has 0 aromatic carbocycles. The van der Waals surface area contributed by atoms with Crippen molar-refractivity contribution >= 4 is 12.0 Å². The molecule has 0 radical (unpaired) electrons. The van der Waals surface area contributed by atoms with Gasteiger partial charge in [0, 0.05) is 25.0 Å². The number of amides is 2. The summed E-state index contributed by atoms with van der Waals surface area (Å²) in [4.78, 5) is 30.7. The van der Waals surface area contributed by atoms with Crippen molar-refractivity contribution < 1.29 is 19.2 Å². The molecule has 0 aromatic heterocycles. The minimum absolute atomic E-state index is 0.0193. The van der Waals surface area contributed by atoms with E-state index in [-0.39, 0.29) is 23.5 Å². The lowest BCUT2D eigenvalue weighted by Gasteiger charge is -2.60. The maximum Gasteiger partial charge on any atom is 0.410 e. The van der Waals surface area contributed by atoms with Crippen LogP contribution in [-0.4, -0.2) is 53.8 Å². The van der Waals surface area contributed by atoms with Gasteiger partial charge in [0.1, 0.15) is 5.60 Å². The van der Waals surface area contributed by atoms with Gasteiger partial charge in [-0.25, -0.2) is 9.86 Å². The predicted molar refractivity (Wildman–Crippen MR) is 72.8 cm³/mol. The number of carbonyl (C=O) groups excluding carboxylic acids is 2.